The predicted molar refractivity (Wildman–Crippen MR) is 117 cm³/mol. The van der Waals surface area contributed by atoms with Gasteiger partial charge in [-0.15, -0.1) is 0 Å². The number of ketones is 1. The van der Waals surface area contributed by atoms with Crippen molar-refractivity contribution in [1.82, 2.24) is 5.32 Å². The summed E-state index contributed by atoms with van der Waals surface area (Å²) in [5.74, 6) is 0.0841. The Balaban J connectivity index is 2.16. The Labute approximate surface area is 178 Å². The van der Waals surface area contributed by atoms with E-state index in [-0.39, 0.29) is 23.4 Å². The zero-order valence-corrected chi connectivity index (χ0v) is 18.8. The number of carbonyl (C=O) groups excluding carboxylic acids is 2. The monoisotopic (exact) mass is 461 g/mol. The zero-order chi connectivity index (χ0) is 20.8. The average molecular weight is 462 g/mol. The Hall–Kier alpha value is -2.04. The van der Waals surface area contributed by atoms with Gasteiger partial charge in [0.15, 0.2) is 5.78 Å². The van der Waals surface area contributed by atoms with E-state index in [1.807, 2.05) is 31.2 Å². The van der Waals surface area contributed by atoms with Crippen molar-refractivity contribution in [2.45, 2.75) is 34.1 Å². The van der Waals surface area contributed by atoms with Gasteiger partial charge in [-0.1, -0.05) is 41.5 Å². The quantitative estimate of drug-likeness (QED) is 0.597. The topological polar surface area (TPSA) is 82.0 Å². The van der Waals surface area contributed by atoms with Crippen molar-refractivity contribution < 1.29 is 9.59 Å². The minimum atomic E-state index is -0.235. The third kappa shape index (κ3) is 5.73. The molecule has 1 aliphatic heterocycles. The number of nitrogens with one attached hydrogen (secondary N) is 2. The van der Waals surface area contributed by atoms with E-state index < -0.39 is 0 Å². The number of allylic oxidation sites excluding steroid dienone is 3. The molecule has 1 aliphatic rings. The van der Waals surface area contributed by atoms with E-state index in [0.717, 1.165) is 10.2 Å². The largest absolute Gasteiger partial charge is 0.353 e. The maximum atomic E-state index is 12.3. The number of amides is 1. The normalized spacial score (nSPS) is 16.7. The Bertz CT molecular complexity index is 867. The molecule has 1 atom stereocenters. The lowest BCUT2D eigenvalue weighted by molar-refractivity contribution is -0.114. The van der Waals surface area contributed by atoms with Crippen molar-refractivity contribution in [3.05, 3.63) is 50.6 Å². The van der Waals surface area contributed by atoms with Crippen LogP contribution in [-0.2, 0) is 9.59 Å². The van der Waals surface area contributed by atoms with Crippen LogP contribution in [0, 0.1) is 23.2 Å². The molecular formula is C21H24BrN3O2S. The maximum Gasteiger partial charge on any atom is 0.234 e. The molecule has 0 radical (unpaired) electrons. The number of dihydropyridines is 1. The van der Waals surface area contributed by atoms with Crippen LogP contribution < -0.4 is 10.6 Å². The molecule has 28 heavy (non-hydrogen) atoms. The van der Waals surface area contributed by atoms with Gasteiger partial charge in [-0.25, -0.2) is 0 Å². The molecule has 7 heteroatoms. The summed E-state index contributed by atoms with van der Waals surface area (Å²) in [5, 5.41) is 16.4. The van der Waals surface area contributed by atoms with Crippen molar-refractivity contribution in [2.75, 3.05) is 11.1 Å². The molecule has 1 aromatic rings. The van der Waals surface area contributed by atoms with E-state index in [1.54, 1.807) is 0 Å². The van der Waals surface area contributed by atoms with E-state index in [9.17, 15) is 14.9 Å². The third-order valence-corrected chi connectivity index (χ3v) is 5.87. The van der Waals surface area contributed by atoms with Gasteiger partial charge in [0.1, 0.15) is 0 Å². The fourth-order valence-corrected chi connectivity index (χ4v) is 4.38. The summed E-state index contributed by atoms with van der Waals surface area (Å²) < 4.78 is 0.940. The number of anilines is 1. The fraction of sp³-hybridized carbons (Fsp3) is 0.381. The molecule has 0 aromatic heterocycles. The Morgan fingerprint density at radius 2 is 1.96 bits per heavy atom. The first-order valence-electron chi connectivity index (χ1n) is 9.04. The second-order valence-corrected chi connectivity index (χ2v) is 9.00. The van der Waals surface area contributed by atoms with Gasteiger partial charge in [-0.3, -0.25) is 9.59 Å². The molecule has 0 saturated carbocycles. The highest BCUT2D eigenvalue weighted by Gasteiger charge is 2.32. The van der Waals surface area contributed by atoms with Gasteiger partial charge in [-0.05, 0) is 50.5 Å². The number of Topliss-reactive ketones (excluding diaryl/α,β-unsaturated/α-hetero) is 1. The molecule has 0 bridgehead atoms. The number of hydrogen-bond acceptors (Lipinski definition) is 5. The molecule has 1 heterocycles. The first kappa shape index (κ1) is 22.3. The number of rotatable bonds is 7. The Morgan fingerprint density at radius 3 is 2.50 bits per heavy atom. The van der Waals surface area contributed by atoms with Crippen molar-refractivity contribution in [3.8, 4) is 6.07 Å². The number of nitriles is 1. The number of halogens is 1. The molecule has 0 aliphatic carbocycles. The second-order valence-electron chi connectivity index (χ2n) is 7.10. The molecule has 2 rings (SSSR count). The van der Waals surface area contributed by atoms with Crippen LogP contribution in [0.5, 0.6) is 0 Å². The van der Waals surface area contributed by atoms with Gasteiger partial charge >= 0.3 is 0 Å². The zero-order valence-electron chi connectivity index (χ0n) is 16.4. The lowest BCUT2D eigenvalue weighted by Gasteiger charge is -2.30. The summed E-state index contributed by atoms with van der Waals surface area (Å²) in [6.45, 7) is 7.53. The van der Waals surface area contributed by atoms with Crippen LogP contribution in [0.15, 0.2) is 50.6 Å². The van der Waals surface area contributed by atoms with Gasteiger partial charge < -0.3 is 10.6 Å². The SMILES string of the molecule is CC(=O)C1=C(C)NC(SCC(=O)Nc2ccc(Br)cc2)=C(C#N)C1CC(C)C. The molecule has 1 aromatic carbocycles. The summed E-state index contributed by atoms with van der Waals surface area (Å²) in [7, 11) is 0. The van der Waals surface area contributed by atoms with Crippen LogP contribution in [0.1, 0.15) is 34.1 Å². The summed E-state index contributed by atoms with van der Waals surface area (Å²) >= 11 is 4.65. The van der Waals surface area contributed by atoms with Crippen LogP contribution in [0.4, 0.5) is 5.69 Å². The lowest BCUT2D eigenvalue weighted by Crippen LogP contribution is -2.29. The van der Waals surface area contributed by atoms with Gasteiger partial charge in [0.2, 0.25) is 5.91 Å². The Kier molecular flexibility index (Phi) is 7.90. The lowest BCUT2D eigenvalue weighted by atomic mass is 9.81. The van der Waals surface area contributed by atoms with Crippen LogP contribution in [0.2, 0.25) is 0 Å². The van der Waals surface area contributed by atoms with Crippen LogP contribution in [0.3, 0.4) is 0 Å². The van der Waals surface area contributed by atoms with E-state index in [1.165, 1.54) is 18.7 Å². The number of carbonyl (C=O) groups is 2. The fourth-order valence-electron chi connectivity index (χ4n) is 3.20. The molecular weight excluding hydrogens is 438 g/mol. The molecule has 2 N–H and O–H groups in total. The number of hydrogen-bond donors (Lipinski definition) is 2. The van der Waals surface area contributed by atoms with E-state index in [4.69, 9.17) is 0 Å². The van der Waals surface area contributed by atoms with E-state index >= 15 is 0 Å². The third-order valence-electron chi connectivity index (χ3n) is 4.33. The van der Waals surface area contributed by atoms with Gasteiger partial charge in [0.05, 0.1) is 22.4 Å². The van der Waals surface area contributed by atoms with Crippen LogP contribution >= 0.6 is 27.7 Å². The number of nitrogens with zero attached hydrogens (tertiary/aromatic N) is 1. The van der Waals surface area contributed by atoms with Gasteiger partial charge in [0, 0.05) is 27.3 Å². The number of benzene rings is 1. The highest BCUT2D eigenvalue weighted by molar-refractivity contribution is 9.10. The molecule has 5 nitrogen and oxygen atoms in total. The average Bonchev–Trinajstić information content (AvgIpc) is 2.61. The standard InChI is InChI=1S/C21H24BrN3O2S/c1-12(2)9-17-18(10-23)21(24-13(3)20(17)14(4)26)28-11-19(27)25-16-7-5-15(22)6-8-16/h5-8,12,17,24H,9,11H2,1-4H3,(H,25,27). The minimum Gasteiger partial charge on any atom is -0.353 e. The maximum absolute atomic E-state index is 12.3. The molecule has 0 saturated heterocycles. The second kappa shape index (κ2) is 9.94. The predicted octanol–water partition coefficient (Wildman–Crippen LogP) is 4.98. The van der Waals surface area contributed by atoms with E-state index in [0.29, 0.717) is 34.2 Å². The minimum absolute atomic E-state index is 0.0274. The molecule has 1 unspecified atom stereocenters. The van der Waals surface area contributed by atoms with Crippen molar-refractivity contribution in [3.63, 3.8) is 0 Å². The molecule has 0 spiro atoms. The summed E-state index contributed by atoms with van der Waals surface area (Å²) in [6.07, 6.45) is 0.714. The smallest absolute Gasteiger partial charge is 0.234 e. The van der Waals surface area contributed by atoms with Crippen molar-refractivity contribution >= 4 is 45.1 Å². The summed E-state index contributed by atoms with van der Waals surface area (Å²) in [4.78, 5) is 24.5. The summed E-state index contributed by atoms with van der Waals surface area (Å²) in [6, 6.07) is 9.61. The molecule has 0 fully saturated rings. The van der Waals surface area contributed by atoms with Crippen LogP contribution in [-0.4, -0.2) is 17.4 Å². The van der Waals surface area contributed by atoms with Crippen molar-refractivity contribution in [2.24, 2.45) is 11.8 Å². The Morgan fingerprint density at radius 1 is 1.32 bits per heavy atom. The first-order valence-corrected chi connectivity index (χ1v) is 10.8. The molecule has 148 valence electrons. The van der Waals surface area contributed by atoms with Crippen molar-refractivity contribution in [1.29, 1.82) is 5.26 Å². The number of thioether (sulfide) groups is 1. The van der Waals surface area contributed by atoms with Gasteiger partial charge in [0.25, 0.3) is 0 Å². The first-order chi connectivity index (χ1) is 13.2. The highest BCUT2D eigenvalue weighted by atomic mass is 79.9. The van der Waals surface area contributed by atoms with E-state index in [2.05, 4.69) is 46.5 Å². The van der Waals surface area contributed by atoms with Gasteiger partial charge in [-0.2, -0.15) is 5.26 Å². The molecule has 1 amide bonds. The highest BCUT2D eigenvalue weighted by Crippen LogP contribution is 2.37. The summed E-state index contributed by atoms with van der Waals surface area (Å²) in [5.41, 5.74) is 2.67. The van der Waals surface area contributed by atoms with Crippen LogP contribution in [0.25, 0.3) is 0 Å².